The summed E-state index contributed by atoms with van der Waals surface area (Å²) in [6, 6.07) is 5.90. The fraction of sp³-hybridized carbons (Fsp3) is 0.250. The highest BCUT2D eigenvalue weighted by Crippen LogP contribution is 2.35. The molecular weight excluding hydrogens is 218 g/mol. The second-order valence-corrected chi connectivity index (χ2v) is 3.91. The Kier molecular flexibility index (Phi) is 2.36. The second kappa shape index (κ2) is 4.01. The van der Waals surface area contributed by atoms with Gasteiger partial charge in [-0.2, -0.15) is 5.10 Å². The lowest BCUT2D eigenvalue weighted by molar-refractivity contribution is 0.173. The molecule has 0 saturated heterocycles. The summed E-state index contributed by atoms with van der Waals surface area (Å²) in [5.74, 6) is 1.65. The molecule has 88 valence electrons. The molecule has 17 heavy (non-hydrogen) atoms. The number of hydrogen-bond acceptors (Lipinski definition) is 4. The third kappa shape index (κ3) is 1.91. The van der Waals surface area contributed by atoms with E-state index in [0.29, 0.717) is 13.3 Å². The van der Waals surface area contributed by atoms with Gasteiger partial charge in [-0.3, -0.25) is 4.68 Å². The molecule has 1 aliphatic heterocycles. The van der Waals surface area contributed by atoms with E-state index in [9.17, 15) is 0 Å². The lowest BCUT2D eigenvalue weighted by Crippen LogP contribution is -2.00. The zero-order valence-electron chi connectivity index (χ0n) is 9.51. The van der Waals surface area contributed by atoms with Gasteiger partial charge >= 0.3 is 0 Å². The highest BCUT2D eigenvalue weighted by atomic mass is 16.7. The second-order valence-electron chi connectivity index (χ2n) is 3.91. The van der Waals surface area contributed by atoms with Gasteiger partial charge in [0.2, 0.25) is 6.79 Å². The van der Waals surface area contributed by atoms with Gasteiger partial charge < -0.3 is 14.8 Å². The minimum absolute atomic E-state index is 0.305. The van der Waals surface area contributed by atoms with Crippen molar-refractivity contribution in [1.29, 1.82) is 0 Å². The van der Waals surface area contributed by atoms with Crippen molar-refractivity contribution in [3.05, 3.63) is 36.2 Å². The molecule has 0 saturated carbocycles. The Hall–Kier alpha value is -2.17. The van der Waals surface area contributed by atoms with E-state index in [2.05, 4.69) is 10.4 Å². The molecule has 0 atom stereocenters. The Bertz CT molecular complexity index is 536. The number of rotatable bonds is 3. The van der Waals surface area contributed by atoms with Crippen LogP contribution in [-0.4, -0.2) is 16.6 Å². The van der Waals surface area contributed by atoms with E-state index in [1.165, 1.54) is 0 Å². The summed E-state index contributed by atoms with van der Waals surface area (Å²) in [6.45, 7) is 0.997. The first kappa shape index (κ1) is 10.0. The molecule has 2 aromatic rings. The van der Waals surface area contributed by atoms with Gasteiger partial charge in [0.25, 0.3) is 0 Å². The molecule has 3 rings (SSSR count). The van der Waals surface area contributed by atoms with Crippen molar-refractivity contribution in [3.63, 3.8) is 0 Å². The maximum absolute atomic E-state index is 5.44. The summed E-state index contributed by atoms with van der Waals surface area (Å²) in [5.41, 5.74) is 2.08. The molecule has 0 radical (unpaired) electrons. The van der Waals surface area contributed by atoms with Crippen molar-refractivity contribution in [1.82, 2.24) is 9.78 Å². The first-order valence-electron chi connectivity index (χ1n) is 5.43. The van der Waals surface area contributed by atoms with Gasteiger partial charge in [-0.1, -0.05) is 12.1 Å². The Morgan fingerprint density at radius 1 is 1.41 bits per heavy atom. The summed E-state index contributed by atoms with van der Waals surface area (Å²) < 4.78 is 12.5. The maximum Gasteiger partial charge on any atom is 0.231 e. The Balaban J connectivity index is 1.75. The molecule has 0 fully saturated rings. The molecule has 1 aromatic carbocycles. The molecule has 1 aromatic heterocycles. The predicted octanol–water partition coefficient (Wildman–Crippen LogP) is 1.76. The minimum atomic E-state index is 0.305. The zero-order valence-corrected chi connectivity index (χ0v) is 9.51. The first-order chi connectivity index (χ1) is 8.33. The van der Waals surface area contributed by atoms with Crippen molar-refractivity contribution in [2.45, 2.75) is 6.54 Å². The van der Waals surface area contributed by atoms with E-state index in [0.717, 1.165) is 22.7 Å². The number of fused-ring (bicyclic) bond motifs is 1. The molecule has 1 aliphatic rings. The van der Waals surface area contributed by atoms with E-state index >= 15 is 0 Å². The van der Waals surface area contributed by atoms with Crippen LogP contribution < -0.4 is 14.8 Å². The van der Waals surface area contributed by atoms with Crippen molar-refractivity contribution in [2.24, 2.45) is 7.05 Å². The van der Waals surface area contributed by atoms with Crippen molar-refractivity contribution < 1.29 is 9.47 Å². The van der Waals surface area contributed by atoms with Crippen LogP contribution in [0.5, 0.6) is 11.5 Å². The lowest BCUT2D eigenvalue weighted by Gasteiger charge is -2.06. The summed E-state index contributed by atoms with van der Waals surface area (Å²) in [6.07, 6.45) is 3.72. The van der Waals surface area contributed by atoms with Gasteiger partial charge in [-0.05, 0) is 6.07 Å². The molecule has 0 aliphatic carbocycles. The number of nitrogens with zero attached hydrogens (tertiary/aromatic N) is 2. The minimum Gasteiger partial charge on any atom is -0.454 e. The summed E-state index contributed by atoms with van der Waals surface area (Å²) >= 11 is 0. The van der Waals surface area contributed by atoms with Crippen LogP contribution in [0.2, 0.25) is 0 Å². The third-order valence-electron chi connectivity index (χ3n) is 2.67. The number of hydrogen-bond donors (Lipinski definition) is 1. The molecule has 2 heterocycles. The van der Waals surface area contributed by atoms with E-state index in [1.807, 2.05) is 31.4 Å². The smallest absolute Gasteiger partial charge is 0.231 e. The van der Waals surface area contributed by atoms with Crippen LogP contribution in [0.4, 0.5) is 5.69 Å². The number of anilines is 1. The van der Waals surface area contributed by atoms with Gasteiger partial charge in [0.15, 0.2) is 11.5 Å². The average molecular weight is 231 g/mol. The van der Waals surface area contributed by atoms with Crippen molar-refractivity contribution in [3.8, 4) is 11.5 Å². The summed E-state index contributed by atoms with van der Waals surface area (Å²) in [4.78, 5) is 0. The molecule has 1 N–H and O–H groups in total. The lowest BCUT2D eigenvalue weighted by atomic mass is 10.2. The van der Waals surface area contributed by atoms with Crippen LogP contribution in [0, 0.1) is 0 Å². The van der Waals surface area contributed by atoms with Crippen LogP contribution in [0.15, 0.2) is 30.6 Å². The number of aromatic nitrogens is 2. The first-order valence-corrected chi connectivity index (χ1v) is 5.43. The Morgan fingerprint density at radius 2 is 2.35 bits per heavy atom. The summed E-state index contributed by atoms with van der Waals surface area (Å²) in [5, 5.41) is 7.39. The van der Waals surface area contributed by atoms with Crippen LogP contribution in [0.3, 0.4) is 0 Å². The van der Waals surface area contributed by atoms with Gasteiger partial charge in [0.05, 0.1) is 11.9 Å². The standard InChI is InChI=1S/C12H13N3O2/c1-15-7-10(6-14-15)13-5-9-3-2-4-11-12(9)17-8-16-11/h2-4,6-7,13H,5,8H2,1H3. The average Bonchev–Trinajstić information content (AvgIpc) is 2.94. The maximum atomic E-state index is 5.44. The number of benzene rings is 1. The van der Waals surface area contributed by atoms with Crippen molar-refractivity contribution in [2.75, 3.05) is 12.1 Å². The Morgan fingerprint density at radius 3 is 3.18 bits per heavy atom. The Labute approximate surface area is 99.0 Å². The van der Waals surface area contributed by atoms with Crippen LogP contribution in [0.25, 0.3) is 0 Å². The van der Waals surface area contributed by atoms with Crippen LogP contribution in [-0.2, 0) is 13.6 Å². The third-order valence-corrected chi connectivity index (χ3v) is 2.67. The van der Waals surface area contributed by atoms with Crippen LogP contribution in [0.1, 0.15) is 5.56 Å². The fourth-order valence-electron chi connectivity index (χ4n) is 1.84. The van der Waals surface area contributed by atoms with Crippen LogP contribution >= 0.6 is 0 Å². The zero-order chi connectivity index (χ0) is 11.7. The molecule has 5 heteroatoms. The van der Waals surface area contributed by atoms with Gasteiger partial charge in [-0.15, -0.1) is 0 Å². The fourth-order valence-corrected chi connectivity index (χ4v) is 1.84. The van der Waals surface area contributed by atoms with Gasteiger partial charge in [-0.25, -0.2) is 0 Å². The largest absolute Gasteiger partial charge is 0.454 e. The van der Waals surface area contributed by atoms with E-state index in [-0.39, 0.29) is 0 Å². The molecule has 0 amide bonds. The monoisotopic (exact) mass is 231 g/mol. The predicted molar refractivity (Wildman–Crippen MR) is 63.1 cm³/mol. The van der Waals surface area contributed by atoms with E-state index < -0.39 is 0 Å². The van der Waals surface area contributed by atoms with Crippen molar-refractivity contribution >= 4 is 5.69 Å². The molecule has 0 bridgehead atoms. The molecular formula is C12H13N3O2. The number of aryl methyl sites for hydroxylation is 1. The number of ether oxygens (including phenoxy) is 2. The number of para-hydroxylation sites is 1. The van der Waals surface area contributed by atoms with Gasteiger partial charge in [0.1, 0.15) is 0 Å². The molecule has 0 spiro atoms. The number of nitrogens with one attached hydrogen (secondary N) is 1. The normalized spacial score (nSPS) is 12.8. The highest BCUT2D eigenvalue weighted by Gasteiger charge is 2.16. The SMILES string of the molecule is Cn1cc(NCc2cccc3c2OCO3)cn1. The molecule has 5 nitrogen and oxygen atoms in total. The van der Waals surface area contributed by atoms with E-state index in [4.69, 9.17) is 9.47 Å². The summed E-state index contributed by atoms with van der Waals surface area (Å²) in [7, 11) is 1.89. The van der Waals surface area contributed by atoms with Gasteiger partial charge in [0, 0.05) is 25.4 Å². The quantitative estimate of drug-likeness (QED) is 0.874. The topological polar surface area (TPSA) is 48.3 Å². The molecule has 0 unspecified atom stereocenters. The van der Waals surface area contributed by atoms with E-state index in [1.54, 1.807) is 10.9 Å². The highest BCUT2D eigenvalue weighted by molar-refractivity contribution is 5.50.